The highest BCUT2D eigenvalue weighted by molar-refractivity contribution is 7.99. The highest BCUT2D eigenvalue weighted by atomic mass is 32.2. The van der Waals surface area contributed by atoms with Gasteiger partial charge in [0.15, 0.2) is 5.78 Å². The number of hydrogen-bond acceptors (Lipinski definition) is 3. The number of rotatable bonds is 3. The van der Waals surface area contributed by atoms with E-state index in [1.165, 1.54) is 0 Å². The second kappa shape index (κ2) is 5.14. The van der Waals surface area contributed by atoms with Crippen LogP contribution in [0.15, 0.2) is 29.2 Å². The number of carboxylic acid groups (broad SMARTS) is 1. The molecule has 18 heavy (non-hydrogen) atoms. The summed E-state index contributed by atoms with van der Waals surface area (Å²) in [5, 5.41) is 8.79. The number of carboxylic acids is 1. The molecule has 1 heterocycles. The fraction of sp³-hybridized carbons (Fsp3) is 0.429. The topological polar surface area (TPSA) is 54.4 Å². The first-order chi connectivity index (χ1) is 8.53. The van der Waals surface area contributed by atoms with E-state index in [0.29, 0.717) is 6.42 Å². The summed E-state index contributed by atoms with van der Waals surface area (Å²) in [5.74, 6) is 0.109. The van der Waals surface area contributed by atoms with Crippen molar-refractivity contribution in [2.75, 3.05) is 5.75 Å². The van der Waals surface area contributed by atoms with Crippen molar-refractivity contribution in [1.29, 1.82) is 0 Å². The van der Waals surface area contributed by atoms with Crippen LogP contribution < -0.4 is 0 Å². The average molecular weight is 264 g/mol. The summed E-state index contributed by atoms with van der Waals surface area (Å²) in [4.78, 5) is 24.3. The zero-order valence-corrected chi connectivity index (χ0v) is 11.1. The normalized spacial score (nSPS) is 23.3. The van der Waals surface area contributed by atoms with Crippen molar-refractivity contribution in [2.45, 2.75) is 31.1 Å². The summed E-state index contributed by atoms with van der Waals surface area (Å²) in [6.07, 6.45) is 1.20. The lowest BCUT2D eigenvalue weighted by Crippen LogP contribution is -2.28. The first kappa shape index (κ1) is 13.1. The van der Waals surface area contributed by atoms with Gasteiger partial charge in [0, 0.05) is 22.3 Å². The number of ketones is 1. The molecule has 0 amide bonds. The lowest BCUT2D eigenvalue weighted by molar-refractivity contribution is -0.137. The number of fused-ring (bicyclic) bond motifs is 1. The molecule has 1 aromatic rings. The molecule has 0 bridgehead atoms. The van der Waals surface area contributed by atoms with Crippen LogP contribution in [0.1, 0.15) is 36.5 Å². The Kier molecular flexibility index (Phi) is 3.76. The van der Waals surface area contributed by atoms with Gasteiger partial charge in [-0.25, -0.2) is 0 Å². The van der Waals surface area contributed by atoms with Crippen molar-refractivity contribution >= 4 is 23.5 Å². The van der Waals surface area contributed by atoms with Gasteiger partial charge in [-0.15, -0.1) is 11.8 Å². The predicted molar refractivity (Wildman–Crippen MR) is 71.1 cm³/mol. The minimum atomic E-state index is -0.839. The Hall–Kier alpha value is -1.29. The predicted octanol–water partition coefficient (Wildman–Crippen LogP) is 3.24. The smallest absolute Gasteiger partial charge is 0.303 e. The minimum Gasteiger partial charge on any atom is -0.481 e. The van der Waals surface area contributed by atoms with Gasteiger partial charge in [-0.3, -0.25) is 9.59 Å². The first-order valence-corrected chi connectivity index (χ1v) is 7.00. The maximum Gasteiger partial charge on any atom is 0.303 e. The van der Waals surface area contributed by atoms with E-state index < -0.39 is 11.4 Å². The van der Waals surface area contributed by atoms with E-state index in [1.807, 2.05) is 31.2 Å². The molecule has 0 aliphatic carbocycles. The van der Waals surface area contributed by atoms with Crippen LogP contribution in [0.4, 0.5) is 0 Å². The van der Waals surface area contributed by atoms with Gasteiger partial charge >= 0.3 is 5.97 Å². The molecule has 96 valence electrons. The SMILES string of the molecule is CC1(CCC(=O)O)CCSc2ccccc2C1=O. The second-order valence-corrected chi connectivity index (χ2v) is 6.01. The molecule has 0 saturated heterocycles. The zero-order valence-electron chi connectivity index (χ0n) is 10.3. The maximum absolute atomic E-state index is 12.6. The van der Waals surface area contributed by atoms with Gasteiger partial charge in [0.05, 0.1) is 0 Å². The van der Waals surface area contributed by atoms with Crippen LogP contribution in [0.3, 0.4) is 0 Å². The van der Waals surface area contributed by atoms with Crippen molar-refractivity contribution in [3.8, 4) is 0 Å². The number of carbonyl (C=O) groups is 2. The zero-order chi connectivity index (χ0) is 13.2. The number of Topliss-reactive ketones (excluding diaryl/α,β-unsaturated/α-hetero) is 1. The molecule has 0 aromatic heterocycles. The van der Waals surface area contributed by atoms with E-state index in [0.717, 1.165) is 22.6 Å². The van der Waals surface area contributed by atoms with Crippen molar-refractivity contribution in [3.63, 3.8) is 0 Å². The van der Waals surface area contributed by atoms with E-state index >= 15 is 0 Å². The third-order valence-corrected chi connectivity index (χ3v) is 4.56. The van der Waals surface area contributed by atoms with Crippen LogP contribution in [0.5, 0.6) is 0 Å². The van der Waals surface area contributed by atoms with Gasteiger partial charge in [-0.1, -0.05) is 25.1 Å². The van der Waals surface area contributed by atoms with E-state index in [-0.39, 0.29) is 12.2 Å². The summed E-state index contributed by atoms with van der Waals surface area (Å²) < 4.78 is 0. The summed E-state index contributed by atoms with van der Waals surface area (Å²) in [6, 6.07) is 7.59. The monoisotopic (exact) mass is 264 g/mol. The first-order valence-electron chi connectivity index (χ1n) is 6.01. The van der Waals surface area contributed by atoms with Crippen LogP contribution in [-0.4, -0.2) is 22.6 Å². The summed E-state index contributed by atoms with van der Waals surface area (Å²) in [5.41, 5.74) is 0.200. The summed E-state index contributed by atoms with van der Waals surface area (Å²) >= 11 is 1.68. The molecule has 2 rings (SSSR count). The van der Waals surface area contributed by atoms with Crippen molar-refractivity contribution in [3.05, 3.63) is 29.8 Å². The standard InChI is InChI=1S/C14H16O3S/c1-14(7-6-12(15)16)8-9-18-11-5-3-2-4-10(11)13(14)17/h2-5H,6-9H2,1H3,(H,15,16). The molecule has 0 saturated carbocycles. The van der Waals surface area contributed by atoms with Crippen molar-refractivity contribution in [1.82, 2.24) is 0 Å². The number of aliphatic carboxylic acids is 1. The van der Waals surface area contributed by atoms with Gasteiger partial charge < -0.3 is 5.11 Å². The van der Waals surface area contributed by atoms with Gasteiger partial charge in [-0.05, 0) is 24.7 Å². The largest absolute Gasteiger partial charge is 0.481 e. The number of carbonyl (C=O) groups excluding carboxylic acids is 1. The molecule has 1 aliphatic heterocycles. The van der Waals surface area contributed by atoms with Crippen molar-refractivity contribution < 1.29 is 14.7 Å². The molecular weight excluding hydrogens is 248 g/mol. The Balaban J connectivity index is 2.29. The molecule has 0 spiro atoms. The van der Waals surface area contributed by atoms with Gasteiger partial charge in [0.25, 0.3) is 0 Å². The van der Waals surface area contributed by atoms with Crippen LogP contribution in [0, 0.1) is 5.41 Å². The quantitative estimate of drug-likeness (QED) is 0.910. The fourth-order valence-corrected chi connectivity index (χ4v) is 3.49. The Morgan fingerprint density at radius 3 is 2.89 bits per heavy atom. The van der Waals surface area contributed by atoms with E-state index in [4.69, 9.17) is 5.11 Å². The third-order valence-electron chi connectivity index (χ3n) is 3.48. The minimum absolute atomic E-state index is 0.0507. The highest BCUT2D eigenvalue weighted by Crippen LogP contribution is 2.40. The Morgan fingerprint density at radius 2 is 2.17 bits per heavy atom. The number of hydrogen-bond donors (Lipinski definition) is 1. The maximum atomic E-state index is 12.6. The Labute approximate surface area is 111 Å². The molecule has 1 atom stereocenters. The van der Waals surface area contributed by atoms with Crippen LogP contribution in [-0.2, 0) is 4.79 Å². The van der Waals surface area contributed by atoms with Crippen LogP contribution >= 0.6 is 11.8 Å². The molecule has 1 aliphatic rings. The molecule has 1 unspecified atom stereocenters. The summed E-state index contributed by atoms with van der Waals surface area (Å²) in [6.45, 7) is 1.89. The van der Waals surface area contributed by atoms with Gasteiger partial charge in [-0.2, -0.15) is 0 Å². The van der Waals surface area contributed by atoms with E-state index in [2.05, 4.69) is 0 Å². The van der Waals surface area contributed by atoms with E-state index in [9.17, 15) is 9.59 Å². The average Bonchev–Trinajstić information content (AvgIpc) is 2.47. The fourth-order valence-electron chi connectivity index (χ4n) is 2.23. The number of benzene rings is 1. The highest BCUT2D eigenvalue weighted by Gasteiger charge is 2.36. The van der Waals surface area contributed by atoms with E-state index in [1.54, 1.807) is 11.8 Å². The van der Waals surface area contributed by atoms with Crippen LogP contribution in [0.25, 0.3) is 0 Å². The van der Waals surface area contributed by atoms with Crippen molar-refractivity contribution in [2.24, 2.45) is 5.41 Å². The summed E-state index contributed by atoms with van der Waals surface area (Å²) in [7, 11) is 0. The van der Waals surface area contributed by atoms with Gasteiger partial charge in [0.1, 0.15) is 0 Å². The molecular formula is C14H16O3S. The molecule has 0 radical (unpaired) electrons. The molecule has 0 fully saturated rings. The lowest BCUT2D eigenvalue weighted by atomic mass is 9.76. The molecule has 3 nitrogen and oxygen atoms in total. The molecule has 4 heteroatoms. The van der Waals surface area contributed by atoms with Crippen LogP contribution in [0.2, 0.25) is 0 Å². The van der Waals surface area contributed by atoms with Gasteiger partial charge in [0.2, 0.25) is 0 Å². The second-order valence-electron chi connectivity index (χ2n) is 4.88. The molecule has 1 aromatic carbocycles. The number of thioether (sulfide) groups is 1. The Bertz CT molecular complexity index is 484. The lowest BCUT2D eigenvalue weighted by Gasteiger charge is -2.25. The molecule has 1 N–H and O–H groups in total. The Morgan fingerprint density at radius 1 is 1.44 bits per heavy atom. The third kappa shape index (κ3) is 2.58.